The highest BCUT2D eigenvalue weighted by Gasteiger charge is 2.32. The summed E-state index contributed by atoms with van der Waals surface area (Å²) in [5.74, 6) is 3.68. The van der Waals surface area contributed by atoms with E-state index in [1.54, 1.807) is 0 Å². The Morgan fingerprint density at radius 1 is 0.202 bits per heavy atom. The molecule has 0 spiro atoms. The Kier molecular flexibility index (Phi) is 23.1. The molecule has 104 heavy (non-hydrogen) atoms. The van der Waals surface area contributed by atoms with E-state index in [-0.39, 0.29) is 21.7 Å². The average molecular weight is 1440 g/mol. The van der Waals surface area contributed by atoms with Crippen LogP contribution in [0.1, 0.15) is 150 Å². The van der Waals surface area contributed by atoms with Gasteiger partial charge in [0.2, 0.25) is 0 Å². The fraction of sp³-hybridized carbons (Fsp3) is 0.250. The molecule has 0 fully saturated rings. The Labute approximate surface area is 625 Å². The number of benzene rings is 12. The van der Waals surface area contributed by atoms with Gasteiger partial charge >= 0.3 is 0 Å². The minimum atomic E-state index is -0.978. The molecule has 0 radical (unpaired) electrons. The molecule has 0 amide bonds. The van der Waals surface area contributed by atoms with Crippen LogP contribution < -0.4 is 61.4 Å². The maximum atomic E-state index is 7.94. The lowest BCUT2D eigenvalue weighted by molar-refractivity contribution is 0.371. The van der Waals surface area contributed by atoms with Crippen LogP contribution in [-0.4, -0.2) is 25.4 Å². The maximum Gasteiger partial charge on any atom is 0.126 e. The molecular formula is C96H100O4P4. The van der Waals surface area contributed by atoms with Crippen molar-refractivity contribution in [2.45, 2.75) is 130 Å². The SMILES string of the molecule is CC(C)(C)c1cc2c(OCP(c3ccccc3)c3ccccc3)c(c1)Cc1cc(C(C)(C)C)cc(c1OCP(c1ccccc1)c1ccccc1)Cc1cc(C(C)(C)C)cc(c1OCP(c1ccccc1)c1ccccc1)Cc1cc(C(C)(C)C)cc(c1OCP(c1ccccc1)c1ccccc1)C2. The van der Waals surface area contributed by atoms with Crippen LogP contribution in [0.15, 0.2) is 291 Å². The summed E-state index contributed by atoms with van der Waals surface area (Å²) in [6.45, 7) is 28.3. The summed E-state index contributed by atoms with van der Waals surface area (Å²) < 4.78 is 31.8. The zero-order valence-electron chi connectivity index (χ0n) is 62.8. The third kappa shape index (κ3) is 17.9. The highest BCUT2D eigenvalue weighted by molar-refractivity contribution is 7.74. The number of ether oxygens (including phenoxy) is 4. The van der Waals surface area contributed by atoms with Crippen LogP contribution in [-0.2, 0) is 47.3 Å². The first-order chi connectivity index (χ1) is 50.1. The van der Waals surface area contributed by atoms with E-state index in [2.05, 4.69) is 374 Å². The van der Waals surface area contributed by atoms with Gasteiger partial charge in [-0.25, -0.2) is 0 Å². The van der Waals surface area contributed by atoms with Crippen molar-refractivity contribution in [2.24, 2.45) is 0 Å². The molecule has 4 nitrogen and oxygen atoms in total. The van der Waals surface area contributed by atoms with Gasteiger partial charge in [0.25, 0.3) is 0 Å². The van der Waals surface area contributed by atoms with Gasteiger partial charge in [0, 0.05) is 25.7 Å². The smallest absolute Gasteiger partial charge is 0.126 e. The van der Waals surface area contributed by atoms with Gasteiger partial charge < -0.3 is 18.9 Å². The normalized spacial score (nSPS) is 12.8. The van der Waals surface area contributed by atoms with Crippen molar-refractivity contribution in [3.05, 3.63) is 358 Å². The lowest BCUT2D eigenvalue weighted by Crippen LogP contribution is -2.20. The molecule has 0 aromatic heterocycles. The molecule has 8 heteroatoms. The molecule has 12 aromatic rings. The van der Waals surface area contributed by atoms with Gasteiger partial charge in [0.1, 0.15) is 48.4 Å². The van der Waals surface area contributed by atoms with Crippen LogP contribution in [0.3, 0.4) is 0 Å². The zero-order valence-corrected chi connectivity index (χ0v) is 66.4. The Balaban J connectivity index is 1.11. The van der Waals surface area contributed by atoms with E-state index in [9.17, 15) is 0 Å². The lowest BCUT2D eigenvalue weighted by Gasteiger charge is -2.30. The largest absolute Gasteiger partial charge is 0.488 e. The third-order valence-electron chi connectivity index (χ3n) is 19.9. The highest BCUT2D eigenvalue weighted by atomic mass is 31.1. The van der Waals surface area contributed by atoms with Gasteiger partial charge in [-0.2, -0.15) is 0 Å². The first kappa shape index (κ1) is 73.9. The molecule has 1 aliphatic rings. The number of fused-ring (bicyclic) bond motifs is 8. The van der Waals surface area contributed by atoms with E-state index in [1.165, 1.54) is 64.7 Å². The highest BCUT2D eigenvalue weighted by Crippen LogP contribution is 2.49. The molecule has 0 aliphatic heterocycles. The Hall–Kier alpha value is -8.44. The van der Waals surface area contributed by atoms with Gasteiger partial charge in [0.15, 0.2) is 0 Å². The lowest BCUT2D eigenvalue weighted by atomic mass is 9.79. The Bertz CT molecular complexity index is 3950. The van der Waals surface area contributed by atoms with E-state index in [4.69, 9.17) is 18.9 Å². The van der Waals surface area contributed by atoms with Crippen molar-refractivity contribution in [3.8, 4) is 23.0 Å². The standard InChI is InChI=1S/C96H100O4P4/c1-93(2,3)77-57-69-53-71-59-78(94(4,5)6)61-73(90(71)98-66-102(83-41-25-15-26-42-83)84-43-27-16-28-44-84)55-75-63-80(96(10,11)12)64-76(92(75)100-68-104(87-49-33-19-34-50-87)88-51-35-20-36-52-88)56-74-62-79(95(7,8)9)60-72(91(74)99-67-103(85-45-29-17-30-46-85)86-47-31-18-32-48-86)54-70(58-77)89(69)97-65-101(81-37-21-13-22-38-81)82-39-23-14-24-40-82/h13-52,57-64H,53-56,65-68H2,1-12H3. The van der Waals surface area contributed by atoms with Crippen molar-refractivity contribution in [3.63, 3.8) is 0 Å². The van der Waals surface area contributed by atoms with Crippen molar-refractivity contribution < 1.29 is 18.9 Å². The van der Waals surface area contributed by atoms with Crippen LogP contribution in [0.5, 0.6) is 23.0 Å². The molecular weight excluding hydrogens is 1340 g/mol. The molecule has 0 heterocycles. The summed E-state index contributed by atoms with van der Waals surface area (Å²) >= 11 is 0. The minimum absolute atomic E-state index is 0.243. The van der Waals surface area contributed by atoms with Gasteiger partial charge in [0.05, 0.1) is 0 Å². The predicted octanol–water partition coefficient (Wildman–Crippen LogP) is 21.4. The average Bonchev–Trinajstić information content (AvgIpc) is 0.782. The van der Waals surface area contributed by atoms with Crippen LogP contribution >= 0.6 is 31.7 Å². The number of hydrogen-bond donors (Lipinski definition) is 0. The predicted molar refractivity (Wildman–Crippen MR) is 450 cm³/mol. The fourth-order valence-electron chi connectivity index (χ4n) is 13.9. The summed E-state index contributed by atoms with van der Waals surface area (Å²) in [4.78, 5) is 0. The second-order valence-electron chi connectivity index (χ2n) is 31.7. The fourth-order valence-corrected chi connectivity index (χ4v) is 21.6. The van der Waals surface area contributed by atoms with Crippen LogP contribution in [0, 0.1) is 0 Å². The van der Waals surface area contributed by atoms with Gasteiger partial charge in [-0.15, -0.1) is 0 Å². The molecule has 12 aromatic carbocycles. The summed E-state index contributed by atoms with van der Waals surface area (Å²) in [6.07, 6.45) is 4.11. The summed E-state index contributed by atoms with van der Waals surface area (Å²) in [7, 11) is -3.91. The zero-order chi connectivity index (χ0) is 72.6. The van der Waals surface area contributed by atoms with Crippen LogP contribution in [0.25, 0.3) is 0 Å². The quantitative estimate of drug-likeness (QED) is 0.0713. The molecule has 1 aliphatic carbocycles. The number of rotatable bonds is 20. The van der Waals surface area contributed by atoms with Gasteiger partial charge in [-0.1, -0.05) is 374 Å². The van der Waals surface area contributed by atoms with Crippen molar-refractivity contribution in [1.82, 2.24) is 0 Å². The third-order valence-corrected chi connectivity index (χ3v) is 28.8. The van der Waals surface area contributed by atoms with E-state index in [1.807, 2.05) is 0 Å². The number of hydrogen-bond acceptors (Lipinski definition) is 4. The van der Waals surface area contributed by atoms with E-state index in [0.29, 0.717) is 51.1 Å². The monoisotopic (exact) mass is 1440 g/mol. The molecule has 0 saturated carbocycles. The molecule has 528 valence electrons. The molecule has 0 saturated heterocycles. The molecule has 0 unspecified atom stereocenters. The first-order valence-electron chi connectivity index (χ1n) is 36.8. The molecule has 0 N–H and O–H groups in total. The van der Waals surface area contributed by atoms with E-state index < -0.39 is 31.7 Å². The van der Waals surface area contributed by atoms with Gasteiger partial charge in [-0.3, -0.25) is 0 Å². The molecule has 8 bridgehead atoms. The van der Waals surface area contributed by atoms with E-state index in [0.717, 1.165) is 67.5 Å². The summed E-state index contributed by atoms with van der Waals surface area (Å²) in [5.41, 5.74) is 13.1. The van der Waals surface area contributed by atoms with Crippen molar-refractivity contribution >= 4 is 74.1 Å². The van der Waals surface area contributed by atoms with Crippen LogP contribution in [0.2, 0.25) is 0 Å². The summed E-state index contributed by atoms with van der Waals surface area (Å²) in [6, 6.07) is 108. The van der Waals surface area contributed by atoms with Gasteiger partial charge in [-0.05, 0) is 163 Å². The van der Waals surface area contributed by atoms with Crippen molar-refractivity contribution in [1.29, 1.82) is 0 Å². The second-order valence-corrected chi connectivity index (χ2v) is 40.3. The first-order valence-corrected chi connectivity index (χ1v) is 42.9. The Morgan fingerprint density at radius 2 is 0.327 bits per heavy atom. The maximum absolute atomic E-state index is 7.94. The molecule has 0 atom stereocenters. The second kappa shape index (κ2) is 32.5. The van der Waals surface area contributed by atoms with E-state index >= 15 is 0 Å². The van der Waals surface area contributed by atoms with Crippen LogP contribution in [0.4, 0.5) is 0 Å². The minimum Gasteiger partial charge on any atom is -0.488 e. The Morgan fingerprint density at radius 3 is 0.442 bits per heavy atom. The topological polar surface area (TPSA) is 36.9 Å². The molecule has 13 rings (SSSR count). The van der Waals surface area contributed by atoms with Crippen molar-refractivity contribution in [2.75, 3.05) is 25.4 Å². The summed E-state index contributed by atoms with van der Waals surface area (Å²) in [5, 5.41) is 10.2.